The standard InChI is InChI=1S/C12H12N6/c1-7-4-10(17-12(16-7)18-13)8-2-3-9-11(5-8)15-6-14-9/h2-6H,13H2,1H3,(H,14,15)(H,16,17,18). The molecule has 0 aliphatic heterocycles. The SMILES string of the molecule is Cc1cc(-c2ccc3nc[nH]c3c2)nc(NN)n1. The average molecular weight is 240 g/mol. The third kappa shape index (κ3) is 1.78. The molecule has 0 aliphatic carbocycles. The van der Waals surface area contributed by atoms with Crippen molar-refractivity contribution in [3.05, 3.63) is 36.3 Å². The molecule has 0 amide bonds. The van der Waals surface area contributed by atoms with Crippen LogP contribution in [0.4, 0.5) is 5.95 Å². The van der Waals surface area contributed by atoms with Crippen LogP contribution in [0.1, 0.15) is 5.69 Å². The van der Waals surface area contributed by atoms with Gasteiger partial charge in [-0.2, -0.15) is 0 Å². The summed E-state index contributed by atoms with van der Waals surface area (Å²) in [5.41, 5.74) is 7.06. The molecule has 0 unspecified atom stereocenters. The lowest BCUT2D eigenvalue weighted by molar-refractivity contribution is 1.08. The van der Waals surface area contributed by atoms with Gasteiger partial charge in [-0.25, -0.2) is 20.8 Å². The molecule has 6 nitrogen and oxygen atoms in total. The second-order valence-corrected chi connectivity index (χ2v) is 4.00. The van der Waals surface area contributed by atoms with Crippen molar-refractivity contribution < 1.29 is 0 Å². The maximum Gasteiger partial charge on any atom is 0.237 e. The Kier molecular flexibility index (Phi) is 2.42. The van der Waals surface area contributed by atoms with E-state index in [0.29, 0.717) is 5.95 Å². The molecule has 0 aliphatic rings. The summed E-state index contributed by atoms with van der Waals surface area (Å²) in [5.74, 6) is 5.76. The maximum atomic E-state index is 5.35. The summed E-state index contributed by atoms with van der Waals surface area (Å²) in [4.78, 5) is 15.8. The lowest BCUT2D eigenvalue weighted by Gasteiger charge is -2.05. The fourth-order valence-corrected chi connectivity index (χ4v) is 1.88. The van der Waals surface area contributed by atoms with E-state index < -0.39 is 0 Å². The summed E-state index contributed by atoms with van der Waals surface area (Å²) in [5, 5.41) is 0. The topological polar surface area (TPSA) is 92.5 Å². The van der Waals surface area contributed by atoms with Crippen molar-refractivity contribution in [3.8, 4) is 11.3 Å². The number of nitrogens with two attached hydrogens (primary N) is 1. The van der Waals surface area contributed by atoms with Gasteiger partial charge in [0.05, 0.1) is 23.1 Å². The van der Waals surface area contributed by atoms with Gasteiger partial charge in [0.1, 0.15) is 0 Å². The highest BCUT2D eigenvalue weighted by atomic mass is 15.3. The van der Waals surface area contributed by atoms with Crippen LogP contribution >= 0.6 is 0 Å². The summed E-state index contributed by atoms with van der Waals surface area (Å²) in [7, 11) is 0. The van der Waals surface area contributed by atoms with E-state index in [0.717, 1.165) is 28.0 Å². The Morgan fingerprint density at radius 3 is 2.94 bits per heavy atom. The van der Waals surface area contributed by atoms with Gasteiger partial charge in [-0.1, -0.05) is 6.07 Å². The first-order chi connectivity index (χ1) is 8.76. The lowest BCUT2D eigenvalue weighted by atomic mass is 10.1. The molecule has 3 rings (SSSR count). The number of H-pyrrole nitrogens is 1. The zero-order valence-electron chi connectivity index (χ0n) is 9.81. The summed E-state index contributed by atoms with van der Waals surface area (Å²) in [6, 6.07) is 7.85. The molecule has 0 bridgehead atoms. The largest absolute Gasteiger partial charge is 0.345 e. The number of aromatic amines is 1. The highest BCUT2D eigenvalue weighted by molar-refractivity contribution is 5.80. The first kappa shape index (κ1) is 10.7. The van der Waals surface area contributed by atoms with Crippen molar-refractivity contribution in [2.24, 2.45) is 5.84 Å². The maximum absolute atomic E-state index is 5.35. The zero-order valence-corrected chi connectivity index (χ0v) is 9.81. The van der Waals surface area contributed by atoms with Crippen molar-refractivity contribution >= 4 is 17.0 Å². The molecule has 0 saturated heterocycles. The minimum Gasteiger partial charge on any atom is -0.345 e. The zero-order chi connectivity index (χ0) is 12.5. The fraction of sp³-hybridized carbons (Fsp3) is 0.0833. The number of nitrogens with one attached hydrogen (secondary N) is 2. The number of fused-ring (bicyclic) bond motifs is 1. The van der Waals surface area contributed by atoms with Crippen LogP contribution in [0, 0.1) is 6.92 Å². The van der Waals surface area contributed by atoms with E-state index in [4.69, 9.17) is 5.84 Å². The predicted octanol–water partition coefficient (Wildman–Crippen LogP) is 1.61. The number of hydrogen-bond donors (Lipinski definition) is 3. The van der Waals surface area contributed by atoms with E-state index in [2.05, 4.69) is 25.4 Å². The van der Waals surface area contributed by atoms with E-state index in [1.807, 2.05) is 31.2 Å². The van der Waals surface area contributed by atoms with Crippen molar-refractivity contribution in [3.63, 3.8) is 0 Å². The molecule has 0 atom stereocenters. The molecule has 3 aromatic rings. The Labute approximate surface area is 103 Å². The van der Waals surface area contributed by atoms with E-state index in [1.54, 1.807) is 6.33 Å². The highest BCUT2D eigenvalue weighted by Gasteiger charge is 2.05. The normalized spacial score (nSPS) is 10.8. The number of aryl methyl sites for hydroxylation is 1. The number of aromatic nitrogens is 4. The number of imidazole rings is 1. The van der Waals surface area contributed by atoms with Crippen molar-refractivity contribution in [2.75, 3.05) is 5.43 Å². The van der Waals surface area contributed by atoms with Gasteiger partial charge >= 0.3 is 0 Å². The van der Waals surface area contributed by atoms with Crippen LogP contribution in [0.5, 0.6) is 0 Å². The molecule has 0 fully saturated rings. The monoisotopic (exact) mass is 240 g/mol. The lowest BCUT2D eigenvalue weighted by Crippen LogP contribution is -2.11. The van der Waals surface area contributed by atoms with E-state index >= 15 is 0 Å². The van der Waals surface area contributed by atoms with Crippen LogP contribution in [0.15, 0.2) is 30.6 Å². The number of nitrogens with zero attached hydrogens (tertiary/aromatic N) is 3. The van der Waals surface area contributed by atoms with Gasteiger partial charge in [0.25, 0.3) is 0 Å². The molecule has 6 heteroatoms. The summed E-state index contributed by atoms with van der Waals surface area (Å²) in [6.07, 6.45) is 1.67. The first-order valence-electron chi connectivity index (χ1n) is 5.52. The number of nitrogen functional groups attached to an aromatic ring is 1. The Bertz CT molecular complexity index is 703. The van der Waals surface area contributed by atoms with Crippen LogP contribution < -0.4 is 11.3 Å². The minimum absolute atomic E-state index is 0.412. The van der Waals surface area contributed by atoms with Crippen LogP contribution in [-0.4, -0.2) is 19.9 Å². The fourth-order valence-electron chi connectivity index (χ4n) is 1.88. The summed E-state index contributed by atoms with van der Waals surface area (Å²) < 4.78 is 0. The number of rotatable bonds is 2. The van der Waals surface area contributed by atoms with Crippen molar-refractivity contribution in [1.82, 2.24) is 19.9 Å². The molecule has 18 heavy (non-hydrogen) atoms. The second kappa shape index (κ2) is 4.08. The van der Waals surface area contributed by atoms with Crippen molar-refractivity contribution in [1.29, 1.82) is 0 Å². The number of hydrogen-bond acceptors (Lipinski definition) is 5. The van der Waals surface area contributed by atoms with E-state index in [9.17, 15) is 0 Å². The molecule has 2 aromatic heterocycles. The van der Waals surface area contributed by atoms with E-state index in [-0.39, 0.29) is 0 Å². The average Bonchev–Trinajstić information content (AvgIpc) is 2.85. The molecule has 4 N–H and O–H groups in total. The number of hydrazine groups is 1. The summed E-state index contributed by atoms with van der Waals surface area (Å²) >= 11 is 0. The Hall–Kier alpha value is -2.47. The van der Waals surface area contributed by atoms with Crippen LogP contribution in [0.2, 0.25) is 0 Å². The van der Waals surface area contributed by atoms with Gasteiger partial charge in [-0.05, 0) is 25.1 Å². The van der Waals surface area contributed by atoms with Gasteiger partial charge in [0.15, 0.2) is 0 Å². The van der Waals surface area contributed by atoms with Crippen molar-refractivity contribution in [2.45, 2.75) is 6.92 Å². The van der Waals surface area contributed by atoms with Gasteiger partial charge in [-0.15, -0.1) is 0 Å². The highest BCUT2D eigenvalue weighted by Crippen LogP contribution is 2.22. The molecule has 2 heterocycles. The van der Waals surface area contributed by atoms with Gasteiger partial charge in [-0.3, -0.25) is 5.43 Å². The molecular formula is C12H12N6. The van der Waals surface area contributed by atoms with Gasteiger partial charge in [0.2, 0.25) is 5.95 Å². The third-order valence-electron chi connectivity index (χ3n) is 2.70. The Morgan fingerprint density at radius 2 is 2.11 bits per heavy atom. The van der Waals surface area contributed by atoms with Crippen LogP contribution in [-0.2, 0) is 0 Å². The van der Waals surface area contributed by atoms with Crippen LogP contribution in [0.25, 0.3) is 22.3 Å². The number of benzene rings is 1. The molecule has 0 radical (unpaired) electrons. The second-order valence-electron chi connectivity index (χ2n) is 4.00. The smallest absolute Gasteiger partial charge is 0.237 e. The Balaban J connectivity index is 2.15. The van der Waals surface area contributed by atoms with Gasteiger partial charge in [0, 0.05) is 11.3 Å². The van der Waals surface area contributed by atoms with Crippen LogP contribution in [0.3, 0.4) is 0 Å². The third-order valence-corrected chi connectivity index (χ3v) is 2.70. The molecule has 1 aromatic carbocycles. The minimum atomic E-state index is 0.412. The molecule has 0 saturated carbocycles. The van der Waals surface area contributed by atoms with Gasteiger partial charge < -0.3 is 4.98 Å². The molecular weight excluding hydrogens is 228 g/mol. The first-order valence-corrected chi connectivity index (χ1v) is 5.52. The number of anilines is 1. The quantitative estimate of drug-likeness (QED) is 0.467. The predicted molar refractivity (Wildman–Crippen MR) is 69.7 cm³/mol. The summed E-state index contributed by atoms with van der Waals surface area (Å²) in [6.45, 7) is 1.90. The molecule has 0 spiro atoms. The molecule has 90 valence electrons. The Morgan fingerprint density at radius 1 is 1.22 bits per heavy atom. The van der Waals surface area contributed by atoms with E-state index in [1.165, 1.54) is 0 Å².